The number of hydrogen-bond donors (Lipinski definition) is 0. The maximum Gasteiger partial charge on any atom is 0.0915 e. The minimum atomic E-state index is 0.0742. The van der Waals surface area contributed by atoms with Crippen LogP contribution < -0.4 is 0 Å². The van der Waals surface area contributed by atoms with E-state index in [4.69, 9.17) is 4.74 Å². The van der Waals surface area contributed by atoms with Crippen molar-refractivity contribution in [1.29, 1.82) is 0 Å². The van der Waals surface area contributed by atoms with Gasteiger partial charge in [0, 0.05) is 11.8 Å². The first-order chi connectivity index (χ1) is 16.4. The van der Waals surface area contributed by atoms with E-state index in [1.54, 1.807) is 0 Å². The van der Waals surface area contributed by atoms with E-state index >= 15 is 0 Å². The summed E-state index contributed by atoms with van der Waals surface area (Å²) in [5.41, 5.74) is 10.6. The zero-order chi connectivity index (χ0) is 21.8. The highest BCUT2D eigenvalue weighted by Gasteiger charge is 2.56. The molecule has 1 heterocycles. The molecule has 0 N–H and O–H groups in total. The van der Waals surface area contributed by atoms with Gasteiger partial charge in [-0.25, -0.2) is 0 Å². The van der Waals surface area contributed by atoms with Gasteiger partial charge in [-0.2, -0.15) is 0 Å². The van der Waals surface area contributed by atoms with E-state index in [0.717, 1.165) is 0 Å². The number of benzene rings is 4. The molecule has 0 amide bonds. The van der Waals surface area contributed by atoms with Gasteiger partial charge in [-0.3, -0.25) is 0 Å². The van der Waals surface area contributed by atoms with Crippen molar-refractivity contribution in [3.05, 3.63) is 143 Å². The van der Waals surface area contributed by atoms with Crippen molar-refractivity contribution >= 4 is 23.3 Å². The van der Waals surface area contributed by atoms with Gasteiger partial charge in [-0.05, 0) is 56.7 Å². The highest BCUT2D eigenvalue weighted by Crippen LogP contribution is 2.62. The van der Waals surface area contributed by atoms with Gasteiger partial charge in [-0.15, -0.1) is 0 Å². The maximum absolute atomic E-state index is 7.01. The number of hydrogen-bond acceptors (Lipinski definition) is 1. The molecule has 0 bridgehead atoms. The predicted octanol–water partition coefficient (Wildman–Crippen LogP) is 7.43. The fourth-order valence-electron chi connectivity index (χ4n) is 6.14. The Morgan fingerprint density at radius 2 is 0.848 bits per heavy atom. The fourth-order valence-corrected chi connectivity index (χ4v) is 6.14. The predicted molar refractivity (Wildman–Crippen MR) is 136 cm³/mol. The largest absolute Gasteiger partial charge is 0.364 e. The van der Waals surface area contributed by atoms with Crippen LogP contribution in [0.25, 0.3) is 23.3 Å². The summed E-state index contributed by atoms with van der Waals surface area (Å²) < 4.78 is 7.01. The van der Waals surface area contributed by atoms with Gasteiger partial charge in [0.05, 0.1) is 12.2 Å². The SMILES string of the molecule is C(=C1c2ccccc2[C@@H]2[C@@H]3c4ccccc4C(=Cc4ccccc4)[C@@H]3O[C@@H]12)c1ccccc1. The number of rotatable bonds is 2. The van der Waals surface area contributed by atoms with Crippen LogP contribution in [0, 0.1) is 0 Å². The van der Waals surface area contributed by atoms with E-state index in [-0.39, 0.29) is 12.2 Å². The quantitative estimate of drug-likeness (QED) is 0.325. The molecule has 2 aliphatic carbocycles. The molecule has 7 rings (SSSR count). The molecule has 0 radical (unpaired) electrons. The summed E-state index contributed by atoms with van der Waals surface area (Å²) in [5.74, 6) is 0.674. The Morgan fingerprint density at radius 3 is 1.30 bits per heavy atom. The first-order valence-electron chi connectivity index (χ1n) is 11.8. The van der Waals surface area contributed by atoms with Crippen LogP contribution in [0.3, 0.4) is 0 Å². The van der Waals surface area contributed by atoms with Crippen molar-refractivity contribution in [2.75, 3.05) is 0 Å². The van der Waals surface area contributed by atoms with Crippen molar-refractivity contribution in [2.45, 2.75) is 24.0 Å². The fraction of sp³-hybridized carbons (Fsp3) is 0.125. The molecule has 1 heteroatoms. The summed E-state index contributed by atoms with van der Waals surface area (Å²) in [5, 5.41) is 0. The summed E-state index contributed by atoms with van der Waals surface area (Å²) >= 11 is 0. The van der Waals surface area contributed by atoms with Crippen molar-refractivity contribution in [3.63, 3.8) is 0 Å². The van der Waals surface area contributed by atoms with Crippen LogP contribution in [0.5, 0.6) is 0 Å². The molecule has 0 spiro atoms. The summed E-state index contributed by atoms with van der Waals surface area (Å²) in [6.45, 7) is 0. The Labute approximate surface area is 194 Å². The van der Waals surface area contributed by atoms with Crippen molar-refractivity contribution < 1.29 is 4.74 Å². The van der Waals surface area contributed by atoms with Crippen molar-refractivity contribution in [3.8, 4) is 0 Å². The third-order valence-corrected chi connectivity index (χ3v) is 7.45. The molecule has 0 saturated carbocycles. The monoisotopic (exact) mass is 424 g/mol. The van der Waals surface area contributed by atoms with Gasteiger partial charge in [0.15, 0.2) is 0 Å². The zero-order valence-corrected chi connectivity index (χ0v) is 18.3. The normalized spacial score (nSPS) is 26.8. The van der Waals surface area contributed by atoms with Crippen molar-refractivity contribution in [2.24, 2.45) is 0 Å². The molecular formula is C32H24O. The van der Waals surface area contributed by atoms with Gasteiger partial charge >= 0.3 is 0 Å². The molecule has 1 aliphatic heterocycles. The lowest BCUT2D eigenvalue weighted by Crippen LogP contribution is -2.12. The Hall–Kier alpha value is -3.68. The number of ether oxygens (including phenoxy) is 1. The van der Waals surface area contributed by atoms with Gasteiger partial charge in [0.2, 0.25) is 0 Å². The maximum atomic E-state index is 7.01. The lowest BCUT2D eigenvalue weighted by Gasteiger charge is -2.17. The molecule has 0 aromatic heterocycles. The van der Waals surface area contributed by atoms with E-state index in [0.29, 0.717) is 11.8 Å². The molecular weight excluding hydrogens is 400 g/mol. The summed E-state index contributed by atoms with van der Waals surface area (Å²) in [7, 11) is 0. The van der Waals surface area contributed by atoms with E-state index in [9.17, 15) is 0 Å². The van der Waals surface area contributed by atoms with Gasteiger partial charge in [-0.1, -0.05) is 109 Å². The smallest absolute Gasteiger partial charge is 0.0915 e. The highest BCUT2D eigenvalue weighted by molar-refractivity contribution is 5.94. The molecule has 4 aromatic carbocycles. The molecule has 4 atom stereocenters. The van der Waals surface area contributed by atoms with Crippen LogP contribution >= 0.6 is 0 Å². The topological polar surface area (TPSA) is 9.23 Å². The Bertz CT molecular complexity index is 1290. The van der Waals surface area contributed by atoms with E-state index in [1.165, 1.54) is 44.5 Å². The molecule has 4 aromatic rings. The standard InChI is InChI=1S/C32H24O/c1-3-11-21(12-4-1)19-27-23-15-7-9-17-25(23)29-30-26-18-10-8-16-24(26)28(32(30)33-31(27)29)20-22-13-5-2-6-14-22/h1-20,29-32H/t29-,30+,31-,32-/m0/s1. The minimum Gasteiger partial charge on any atom is -0.364 e. The second kappa shape index (κ2) is 7.43. The molecule has 1 nitrogen and oxygen atoms in total. The van der Waals surface area contributed by atoms with Crippen LogP contribution in [0.2, 0.25) is 0 Å². The summed E-state index contributed by atoms with van der Waals surface area (Å²) in [4.78, 5) is 0. The Morgan fingerprint density at radius 1 is 0.455 bits per heavy atom. The third kappa shape index (κ3) is 2.90. The highest BCUT2D eigenvalue weighted by atomic mass is 16.5. The van der Waals surface area contributed by atoms with Crippen LogP contribution in [0.4, 0.5) is 0 Å². The first kappa shape index (κ1) is 18.8. The molecule has 33 heavy (non-hydrogen) atoms. The second-order valence-corrected chi connectivity index (χ2v) is 9.22. The Kier molecular flexibility index (Phi) is 4.25. The van der Waals surface area contributed by atoms with Crippen LogP contribution in [0.1, 0.15) is 45.2 Å². The summed E-state index contributed by atoms with van der Waals surface area (Å²) in [6.07, 6.45) is 4.81. The first-order valence-corrected chi connectivity index (χ1v) is 11.8. The average Bonchev–Trinajstić information content (AvgIpc) is 3.49. The van der Waals surface area contributed by atoms with Gasteiger partial charge in [0.1, 0.15) is 0 Å². The van der Waals surface area contributed by atoms with Gasteiger partial charge in [0.25, 0.3) is 0 Å². The summed E-state index contributed by atoms with van der Waals surface area (Å²) in [6, 6.07) is 39.1. The van der Waals surface area contributed by atoms with Gasteiger partial charge < -0.3 is 4.74 Å². The van der Waals surface area contributed by atoms with E-state index < -0.39 is 0 Å². The average molecular weight is 425 g/mol. The molecule has 3 aliphatic rings. The third-order valence-electron chi connectivity index (χ3n) is 7.45. The second-order valence-electron chi connectivity index (χ2n) is 9.22. The van der Waals surface area contributed by atoms with Crippen LogP contribution in [-0.4, -0.2) is 12.2 Å². The molecule has 158 valence electrons. The molecule has 1 fully saturated rings. The lowest BCUT2D eigenvalue weighted by atomic mass is 9.83. The lowest BCUT2D eigenvalue weighted by molar-refractivity contribution is 0.110. The zero-order valence-electron chi connectivity index (χ0n) is 18.3. The Balaban J connectivity index is 1.40. The minimum absolute atomic E-state index is 0.0742. The van der Waals surface area contributed by atoms with Crippen LogP contribution in [0.15, 0.2) is 109 Å². The number of fused-ring (bicyclic) bond motifs is 7. The molecule has 0 unspecified atom stereocenters. The van der Waals surface area contributed by atoms with Crippen molar-refractivity contribution in [1.82, 2.24) is 0 Å². The molecule has 1 saturated heterocycles. The van der Waals surface area contributed by atoms with E-state index in [1.807, 2.05) is 0 Å². The van der Waals surface area contributed by atoms with Crippen LogP contribution in [-0.2, 0) is 4.74 Å². The van der Waals surface area contributed by atoms with E-state index in [2.05, 4.69) is 121 Å².